The Morgan fingerprint density at radius 2 is 1.89 bits per heavy atom. The third kappa shape index (κ3) is 5.96. The van der Waals surface area contributed by atoms with Crippen molar-refractivity contribution in [3.05, 3.63) is 29.8 Å². The van der Waals surface area contributed by atoms with Gasteiger partial charge in [-0.1, -0.05) is 13.8 Å². The van der Waals surface area contributed by atoms with E-state index >= 15 is 0 Å². The number of hydrogen-bond acceptors (Lipinski definition) is 4. The predicted octanol–water partition coefficient (Wildman–Crippen LogP) is 2.78. The average Bonchev–Trinajstić information content (AvgIpc) is 3.39. The van der Waals surface area contributed by atoms with Crippen LogP contribution < -0.4 is 10.1 Å². The number of nitrogens with one attached hydrogen (secondary N) is 1. The van der Waals surface area contributed by atoms with Gasteiger partial charge in [0.15, 0.2) is 0 Å². The lowest BCUT2D eigenvalue weighted by molar-refractivity contribution is -0.139. The van der Waals surface area contributed by atoms with Crippen molar-refractivity contribution in [1.82, 2.24) is 10.2 Å². The number of carbonyl (C=O) groups excluding carboxylic acids is 1. The Hall–Kier alpha value is -2.08. The molecule has 27 heavy (non-hydrogen) atoms. The molecule has 0 atom stereocenters. The molecule has 1 aromatic rings. The van der Waals surface area contributed by atoms with Crippen LogP contribution in [0, 0.1) is 11.8 Å². The fourth-order valence-corrected chi connectivity index (χ4v) is 3.39. The predicted molar refractivity (Wildman–Crippen MR) is 103 cm³/mol. The van der Waals surface area contributed by atoms with E-state index in [0.717, 1.165) is 25.1 Å². The Labute approximate surface area is 160 Å². The van der Waals surface area contributed by atoms with E-state index in [2.05, 4.69) is 24.1 Å². The summed E-state index contributed by atoms with van der Waals surface area (Å²) in [5.41, 5.74) is 0.621. The smallest absolute Gasteiger partial charge is 0.317 e. The van der Waals surface area contributed by atoms with Crippen molar-refractivity contribution < 1.29 is 19.4 Å². The van der Waals surface area contributed by atoms with Gasteiger partial charge in [0.1, 0.15) is 5.75 Å². The maximum Gasteiger partial charge on any atom is 0.317 e. The van der Waals surface area contributed by atoms with E-state index < -0.39 is 5.97 Å². The molecule has 2 N–H and O–H groups in total. The molecule has 0 spiro atoms. The Kier molecular flexibility index (Phi) is 6.37. The van der Waals surface area contributed by atoms with Crippen LogP contribution in [-0.2, 0) is 4.79 Å². The third-order valence-electron chi connectivity index (χ3n) is 5.19. The molecule has 148 valence electrons. The van der Waals surface area contributed by atoms with Gasteiger partial charge in [-0.2, -0.15) is 0 Å². The van der Waals surface area contributed by atoms with Crippen molar-refractivity contribution in [2.45, 2.75) is 51.6 Å². The van der Waals surface area contributed by atoms with Gasteiger partial charge in [-0.3, -0.25) is 14.5 Å². The molecule has 1 aromatic carbocycles. The van der Waals surface area contributed by atoms with Crippen LogP contribution in [0.15, 0.2) is 24.3 Å². The summed E-state index contributed by atoms with van der Waals surface area (Å²) in [6, 6.07) is 7.60. The molecular formula is C21H30N2O4. The van der Waals surface area contributed by atoms with E-state index in [-0.39, 0.29) is 24.5 Å². The second-order valence-electron chi connectivity index (χ2n) is 8.29. The van der Waals surface area contributed by atoms with Crippen molar-refractivity contribution in [3.8, 4) is 5.75 Å². The lowest BCUT2D eigenvalue weighted by Crippen LogP contribution is -2.55. The summed E-state index contributed by atoms with van der Waals surface area (Å²) in [7, 11) is 0. The van der Waals surface area contributed by atoms with Crippen LogP contribution in [0.3, 0.4) is 0 Å². The zero-order chi connectivity index (χ0) is 19.4. The molecule has 0 heterocycles. The topological polar surface area (TPSA) is 78.9 Å². The van der Waals surface area contributed by atoms with E-state index in [4.69, 9.17) is 9.84 Å². The second kappa shape index (κ2) is 8.74. The van der Waals surface area contributed by atoms with Gasteiger partial charge < -0.3 is 15.2 Å². The maximum atomic E-state index is 12.4. The van der Waals surface area contributed by atoms with E-state index in [1.165, 1.54) is 12.8 Å². The SMILES string of the molecule is CC(C)COc1ccc(C(=O)NC2CC(N(CC(=O)O)CC3CC3)C2)cc1. The van der Waals surface area contributed by atoms with E-state index in [0.29, 0.717) is 24.0 Å². The molecule has 0 aliphatic heterocycles. The number of carbonyl (C=O) groups is 2. The van der Waals surface area contributed by atoms with Gasteiger partial charge >= 0.3 is 5.97 Å². The van der Waals surface area contributed by atoms with Gasteiger partial charge in [-0.05, 0) is 61.8 Å². The first-order valence-corrected chi connectivity index (χ1v) is 9.90. The normalized spacial score (nSPS) is 21.8. The number of benzene rings is 1. The number of carboxylic acids is 1. The summed E-state index contributed by atoms with van der Waals surface area (Å²) in [5, 5.41) is 12.2. The highest BCUT2D eigenvalue weighted by Crippen LogP contribution is 2.33. The van der Waals surface area contributed by atoms with Crippen molar-refractivity contribution in [2.24, 2.45) is 11.8 Å². The maximum absolute atomic E-state index is 12.4. The van der Waals surface area contributed by atoms with Crippen LogP contribution in [0.4, 0.5) is 0 Å². The van der Waals surface area contributed by atoms with Crippen LogP contribution in [0.25, 0.3) is 0 Å². The van der Waals surface area contributed by atoms with Crippen molar-refractivity contribution >= 4 is 11.9 Å². The summed E-state index contributed by atoms with van der Waals surface area (Å²) in [5.74, 6) is 1.03. The fraction of sp³-hybridized carbons (Fsp3) is 0.619. The number of aliphatic carboxylic acids is 1. The molecule has 1 amide bonds. The van der Waals surface area contributed by atoms with Crippen molar-refractivity contribution in [2.75, 3.05) is 19.7 Å². The lowest BCUT2D eigenvalue weighted by atomic mass is 9.85. The quantitative estimate of drug-likeness (QED) is 0.658. The molecular weight excluding hydrogens is 344 g/mol. The third-order valence-corrected chi connectivity index (χ3v) is 5.19. The molecule has 0 aromatic heterocycles. The molecule has 2 aliphatic carbocycles. The number of hydrogen-bond donors (Lipinski definition) is 2. The van der Waals surface area contributed by atoms with Crippen LogP contribution in [0.5, 0.6) is 5.75 Å². The highest BCUT2D eigenvalue weighted by atomic mass is 16.5. The van der Waals surface area contributed by atoms with Crippen molar-refractivity contribution in [1.29, 1.82) is 0 Å². The molecule has 2 fully saturated rings. The Morgan fingerprint density at radius 1 is 1.22 bits per heavy atom. The van der Waals surface area contributed by atoms with Crippen LogP contribution in [0.1, 0.15) is 49.9 Å². The van der Waals surface area contributed by atoms with E-state index in [9.17, 15) is 9.59 Å². The zero-order valence-corrected chi connectivity index (χ0v) is 16.2. The average molecular weight is 374 g/mol. The lowest BCUT2D eigenvalue weighted by Gasteiger charge is -2.42. The summed E-state index contributed by atoms with van der Waals surface area (Å²) < 4.78 is 5.64. The summed E-state index contributed by atoms with van der Waals surface area (Å²) >= 11 is 0. The summed E-state index contributed by atoms with van der Waals surface area (Å²) in [4.78, 5) is 25.6. The van der Waals surface area contributed by atoms with Gasteiger partial charge in [-0.25, -0.2) is 0 Å². The van der Waals surface area contributed by atoms with Gasteiger partial charge in [0, 0.05) is 24.2 Å². The van der Waals surface area contributed by atoms with Gasteiger partial charge in [0.05, 0.1) is 13.2 Å². The molecule has 6 heteroatoms. The highest BCUT2D eigenvalue weighted by Gasteiger charge is 2.37. The van der Waals surface area contributed by atoms with E-state index in [1.807, 2.05) is 12.1 Å². The first-order chi connectivity index (χ1) is 12.9. The highest BCUT2D eigenvalue weighted by molar-refractivity contribution is 5.94. The first-order valence-electron chi connectivity index (χ1n) is 9.90. The minimum absolute atomic E-state index is 0.0826. The first kappa shape index (κ1) is 19.7. The van der Waals surface area contributed by atoms with Crippen LogP contribution in [0.2, 0.25) is 0 Å². The summed E-state index contributed by atoms with van der Waals surface area (Å²) in [6.07, 6.45) is 4.06. The van der Waals surface area contributed by atoms with E-state index in [1.54, 1.807) is 12.1 Å². The Balaban J connectivity index is 1.44. The van der Waals surface area contributed by atoms with Gasteiger partial charge in [0.25, 0.3) is 5.91 Å². The zero-order valence-electron chi connectivity index (χ0n) is 16.2. The van der Waals surface area contributed by atoms with Crippen LogP contribution in [-0.4, -0.2) is 53.7 Å². The number of carboxylic acid groups (broad SMARTS) is 1. The molecule has 2 aliphatic rings. The monoisotopic (exact) mass is 374 g/mol. The molecule has 0 saturated heterocycles. The standard InChI is InChI=1S/C21H30N2O4/c1-14(2)13-27-19-7-5-16(6-8-19)21(26)22-17-9-18(10-17)23(12-20(24)25)11-15-3-4-15/h5-8,14-15,17-18H,3-4,9-13H2,1-2H3,(H,22,26)(H,24,25). The minimum atomic E-state index is -0.775. The van der Waals surface area contributed by atoms with Gasteiger partial charge in [0.2, 0.25) is 0 Å². The molecule has 3 rings (SSSR count). The second-order valence-corrected chi connectivity index (χ2v) is 8.29. The molecule has 0 bridgehead atoms. The number of nitrogens with zero attached hydrogens (tertiary/aromatic N) is 1. The Bertz CT molecular complexity index is 649. The fourth-order valence-electron chi connectivity index (χ4n) is 3.39. The van der Waals surface area contributed by atoms with Gasteiger partial charge in [-0.15, -0.1) is 0 Å². The number of ether oxygens (including phenoxy) is 1. The minimum Gasteiger partial charge on any atom is -0.493 e. The molecule has 0 radical (unpaired) electrons. The summed E-state index contributed by atoms with van der Waals surface area (Å²) in [6.45, 7) is 5.81. The van der Waals surface area contributed by atoms with Crippen LogP contribution >= 0.6 is 0 Å². The molecule has 0 unspecified atom stereocenters. The molecule has 6 nitrogen and oxygen atoms in total. The van der Waals surface area contributed by atoms with Crippen molar-refractivity contribution in [3.63, 3.8) is 0 Å². The molecule has 2 saturated carbocycles. The number of amides is 1. The largest absolute Gasteiger partial charge is 0.493 e. The Morgan fingerprint density at radius 3 is 2.44 bits per heavy atom. The number of rotatable bonds is 10.